The fourth-order valence-corrected chi connectivity index (χ4v) is 4.26. The van der Waals surface area contributed by atoms with Gasteiger partial charge in [-0.2, -0.15) is 0 Å². The lowest BCUT2D eigenvalue weighted by Gasteiger charge is -2.31. The zero-order valence-electron chi connectivity index (χ0n) is 18.5. The van der Waals surface area contributed by atoms with Gasteiger partial charge in [-0.15, -0.1) is 0 Å². The average Bonchev–Trinajstić information content (AvgIpc) is 3.43. The Balaban J connectivity index is 1.16. The van der Waals surface area contributed by atoms with Gasteiger partial charge in [0.25, 0.3) is 11.8 Å². The molecule has 3 aromatic rings. The quantitative estimate of drug-likeness (QED) is 0.577. The molecule has 8 nitrogen and oxygen atoms in total. The van der Waals surface area contributed by atoms with E-state index >= 15 is 0 Å². The first-order chi connectivity index (χ1) is 16.6. The summed E-state index contributed by atoms with van der Waals surface area (Å²) in [5.74, 6) is 0.978. The Bertz CT molecular complexity index is 1190. The zero-order chi connectivity index (χ0) is 23.5. The third-order valence-electron chi connectivity index (χ3n) is 6.11. The van der Waals surface area contributed by atoms with Crippen molar-refractivity contribution in [3.63, 3.8) is 0 Å². The van der Waals surface area contributed by atoms with Gasteiger partial charge in [0.1, 0.15) is 13.2 Å². The second-order valence-corrected chi connectivity index (χ2v) is 8.30. The number of likely N-dealkylation sites (tertiary alicyclic amines) is 1. The molecule has 8 heteroatoms. The summed E-state index contributed by atoms with van der Waals surface area (Å²) in [6.07, 6.45) is 2.65. The number of ketones is 1. The second-order valence-electron chi connectivity index (χ2n) is 8.30. The van der Waals surface area contributed by atoms with E-state index in [1.54, 1.807) is 59.5 Å². The first kappa shape index (κ1) is 21.8. The standard InChI is InChI=1S/C26H24N2O6/c29-24(19-5-8-21-23(16-19)34-15-14-33-21)17-9-11-28(12-10-17)26(31)18-3-6-20(7-4-18)27-25(30)22-2-1-13-32-22/h1-8,13,16-17H,9-12,14-15H2,(H,27,30). The number of rotatable bonds is 5. The SMILES string of the molecule is O=C(Nc1ccc(C(=O)N2CCC(C(=O)c3ccc4c(c3)OCCO4)CC2)cc1)c1ccco1. The Kier molecular flexibility index (Phi) is 6.03. The van der Waals surface area contributed by atoms with Gasteiger partial charge < -0.3 is 24.1 Å². The molecule has 2 aliphatic rings. The van der Waals surface area contributed by atoms with Crippen LogP contribution in [0.3, 0.4) is 0 Å². The number of nitrogens with zero attached hydrogens (tertiary/aromatic N) is 1. The molecule has 0 atom stereocenters. The maximum atomic E-state index is 13.0. The van der Waals surface area contributed by atoms with Gasteiger partial charge in [-0.25, -0.2) is 0 Å². The second kappa shape index (κ2) is 9.43. The first-order valence-corrected chi connectivity index (χ1v) is 11.3. The first-order valence-electron chi connectivity index (χ1n) is 11.3. The highest BCUT2D eigenvalue weighted by atomic mass is 16.6. The van der Waals surface area contributed by atoms with E-state index in [1.807, 2.05) is 0 Å². The minimum absolute atomic E-state index is 0.0701. The normalized spacial score (nSPS) is 15.6. The van der Waals surface area contributed by atoms with Crippen molar-refractivity contribution in [2.45, 2.75) is 12.8 Å². The number of furan rings is 1. The van der Waals surface area contributed by atoms with E-state index in [4.69, 9.17) is 13.9 Å². The van der Waals surface area contributed by atoms with Crippen molar-refractivity contribution < 1.29 is 28.3 Å². The number of piperidine rings is 1. The molecular formula is C26H24N2O6. The molecule has 0 radical (unpaired) electrons. The number of carbonyl (C=O) groups is 3. The van der Waals surface area contributed by atoms with E-state index in [-0.39, 0.29) is 29.3 Å². The molecule has 1 fully saturated rings. The topological polar surface area (TPSA) is 98.1 Å². The van der Waals surface area contributed by atoms with Crippen LogP contribution in [0, 0.1) is 5.92 Å². The van der Waals surface area contributed by atoms with E-state index in [0.29, 0.717) is 67.5 Å². The Morgan fingerprint density at radius 2 is 1.56 bits per heavy atom. The van der Waals surface area contributed by atoms with Gasteiger partial charge in [-0.3, -0.25) is 14.4 Å². The molecule has 5 rings (SSSR count). The molecule has 2 amide bonds. The van der Waals surface area contributed by atoms with Crippen LogP contribution in [0.1, 0.15) is 44.1 Å². The van der Waals surface area contributed by atoms with Gasteiger partial charge in [0.05, 0.1) is 6.26 Å². The number of hydrogen-bond acceptors (Lipinski definition) is 6. The number of carbonyl (C=O) groups excluding carboxylic acids is 3. The van der Waals surface area contributed by atoms with Crippen molar-refractivity contribution in [3.8, 4) is 11.5 Å². The summed E-state index contributed by atoms with van der Waals surface area (Å²) in [6.45, 7) is 2.01. The molecule has 0 bridgehead atoms. The lowest BCUT2D eigenvalue weighted by molar-refractivity contribution is 0.0650. The van der Waals surface area contributed by atoms with Gasteiger partial charge in [0.2, 0.25) is 0 Å². The number of nitrogens with one attached hydrogen (secondary N) is 1. The summed E-state index contributed by atoms with van der Waals surface area (Å²) >= 11 is 0. The van der Waals surface area contributed by atoms with Crippen molar-refractivity contribution >= 4 is 23.3 Å². The highest BCUT2D eigenvalue weighted by Gasteiger charge is 2.29. The van der Waals surface area contributed by atoms with Crippen LogP contribution in [0.5, 0.6) is 11.5 Å². The fraction of sp³-hybridized carbons (Fsp3) is 0.269. The minimum Gasteiger partial charge on any atom is -0.486 e. The van der Waals surface area contributed by atoms with Crippen molar-refractivity contribution in [3.05, 3.63) is 77.7 Å². The molecule has 2 aromatic carbocycles. The Labute approximate surface area is 196 Å². The van der Waals surface area contributed by atoms with Crippen molar-refractivity contribution in [1.82, 2.24) is 4.90 Å². The minimum atomic E-state index is -0.353. The molecule has 1 saturated heterocycles. The van der Waals surface area contributed by atoms with Crippen molar-refractivity contribution in [2.24, 2.45) is 5.92 Å². The number of benzene rings is 2. The van der Waals surface area contributed by atoms with E-state index in [9.17, 15) is 14.4 Å². The van der Waals surface area contributed by atoms with Gasteiger partial charge in [0, 0.05) is 35.8 Å². The number of hydrogen-bond donors (Lipinski definition) is 1. The summed E-state index contributed by atoms with van der Waals surface area (Å²) in [5.41, 5.74) is 1.72. The molecule has 0 saturated carbocycles. The average molecular weight is 460 g/mol. The molecule has 3 heterocycles. The van der Waals surface area contributed by atoms with Crippen LogP contribution in [0.2, 0.25) is 0 Å². The van der Waals surface area contributed by atoms with Gasteiger partial charge in [-0.1, -0.05) is 0 Å². The number of Topliss-reactive ketones (excluding diaryl/α,β-unsaturated/α-hetero) is 1. The molecule has 2 aliphatic heterocycles. The maximum Gasteiger partial charge on any atom is 0.291 e. The van der Waals surface area contributed by atoms with Gasteiger partial charge >= 0.3 is 0 Å². The van der Waals surface area contributed by atoms with Gasteiger partial charge in [0.15, 0.2) is 23.0 Å². The zero-order valence-corrected chi connectivity index (χ0v) is 18.5. The Morgan fingerprint density at radius 1 is 0.853 bits per heavy atom. The van der Waals surface area contributed by atoms with Gasteiger partial charge in [-0.05, 0) is 67.4 Å². The van der Waals surface area contributed by atoms with Crippen LogP contribution >= 0.6 is 0 Å². The Morgan fingerprint density at radius 3 is 2.26 bits per heavy atom. The highest BCUT2D eigenvalue weighted by molar-refractivity contribution is 6.03. The van der Waals surface area contributed by atoms with E-state index in [0.717, 1.165) is 0 Å². The van der Waals surface area contributed by atoms with Crippen LogP contribution in [0.25, 0.3) is 0 Å². The number of fused-ring (bicyclic) bond motifs is 1. The molecule has 0 spiro atoms. The number of ether oxygens (including phenoxy) is 2. The summed E-state index contributed by atoms with van der Waals surface area (Å²) in [7, 11) is 0. The van der Waals surface area contributed by atoms with Crippen LogP contribution in [-0.2, 0) is 0 Å². The highest BCUT2D eigenvalue weighted by Crippen LogP contribution is 2.32. The molecule has 1 N–H and O–H groups in total. The summed E-state index contributed by atoms with van der Waals surface area (Å²) in [4.78, 5) is 39.8. The van der Waals surface area contributed by atoms with E-state index < -0.39 is 0 Å². The Hall–Kier alpha value is -4.07. The molecule has 0 aliphatic carbocycles. The molecular weight excluding hydrogens is 436 g/mol. The molecule has 174 valence electrons. The summed E-state index contributed by atoms with van der Waals surface area (Å²) in [6, 6.07) is 15.3. The number of anilines is 1. The summed E-state index contributed by atoms with van der Waals surface area (Å²) in [5, 5.41) is 2.73. The molecule has 34 heavy (non-hydrogen) atoms. The van der Waals surface area contributed by atoms with Crippen LogP contribution in [0.15, 0.2) is 65.3 Å². The largest absolute Gasteiger partial charge is 0.486 e. The third-order valence-corrected chi connectivity index (χ3v) is 6.11. The molecule has 0 unspecified atom stereocenters. The van der Waals surface area contributed by atoms with Crippen LogP contribution in [0.4, 0.5) is 5.69 Å². The summed E-state index contributed by atoms with van der Waals surface area (Å²) < 4.78 is 16.2. The van der Waals surface area contributed by atoms with E-state index in [2.05, 4.69) is 5.32 Å². The van der Waals surface area contributed by atoms with Crippen molar-refractivity contribution in [2.75, 3.05) is 31.6 Å². The monoisotopic (exact) mass is 460 g/mol. The lowest BCUT2D eigenvalue weighted by atomic mass is 9.88. The number of amides is 2. The predicted octanol–water partition coefficient (Wildman–Crippen LogP) is 4.04. The maximum absolute atomic E-state index is 13.0. The van der Waals surface area contributed by atoms with Crippen molar-refractivity contribution in [1.29, 1.82) is 0 Å². The smallest absolute Gasteiger partial charge is 0.291 e. The van der Waals surface area contributed by atoms with E-state index in [1.165, 1.54) is 6.26 Å². The van der Waals surface area contributed by atoms with Crippen LogP contribution in [-0.4, -0.2) is 48.8 Å². The fourth-order valence-electron chi connectivity index (χ4n) is 4.26. The lowest BCUT2D eigenvalue weighted by Crippen LogP contribution is -2.40. The predicted molar refractivity (Wildman–Crippen MR) is 123 cm³/mol. The molecule has 1 aromatic heterocycles. The third kappa shape index (κ3) is 4.52. The van der Waals surface area contributed by atoms with Crippen LogP contribution < -0.4 is 14.8 Å².